The van der Waals surface area contributed by atoms with E-state index in [0.29, 0.717) is 11.3 Å². The van der Waals surface area contributed by atoms with E-state index in [0.717, 1.165) is 0 Å². The number of carbonyl (C=O) groups excluding carboxylic acids is 1. The first kappa shape index (κ1) is 10.8. The molecule has 0 bridgehead atoms. The van der Waals surface area contributed by atoms with Gasteiger partial charge in [-0.05, 0) is 0 Å². The van der Waals surface area contributed by atoms with Crippen LogP contribution in [0.5, 0.6) is 0 Å². The molecule has 0 saturated carbocycles. The summed E-state index contributed by atoms with van der Waals surface area (Å²) in [6.45, 7) is 0. The highest BCUT2D eigenvalue weighted by atomic mass is 32.1. The molecule has 0 aliphatic rings. The fourth-order valence-electron chi connectivity index (χ4n) is 0.533. The highest BCUT2D eigenvalue weighted by molar-refractivity contribution is 7.15. The van der Waals surface area contributed by atoms with Crippen LogP contribution in [0.4, 0.5) is 22.7 Å². The Bertz CT molecular complexity index is 329. The lowest BCUT2D eigenvalue weighted by atomic mass is 10.6. The highest BCUT2D eigenvalue weighted by Gasteiger charge is 2.19. The predicted octanol–water partition coefficient (Wildman–Crippen LogP) is 1.68. The number of hydrogen-bond acceptors (Lipinski definition) is 4. The lowest BCUT2D eigenvalue weighted by molar-refractivity contribution is -0.126. The van der Waals surface area contributed by atoms with Crippen molar-refractivity contribution in [3.05, 3.63) is 5.01 Å². The maximum Gasteiger partial charge on any atom is 0.315 e. The Morgan fingerprint density at radius 2 is 1.93 bits per heavy atom. The molecule has 0 aliphatic carbocycles. The third-order valence-corrected chi connectivity index (χ3v) is 1.90. The number of amides is 1. The van der Waals surface area contributed by atoms with E-state index in [2.05, 4.69) is 10.2 Å². The van der Waals surface area contributed by atoms with Gasteiger partial charge in [-0.15, -0.1) is 10.2 Å². The number of rotatable bonds is 3. The number of nitrogens with one attached hydrogen (secondary N) is 1. The van der Waals surface area contributed by atoms with Gasteiger partial charge >= 0.3 is 6.43 Å². The minimum absolute atomic E-state index is 0.349. The summed E-state index contributed by atoms with van der Waals surface area (Å²) >= 11 is 0.349. The van der Waals surface area contributed by atoms with Gasteiger partial charge in [0, 0.05) is 0 Å². The number of aromatic nitrogens is 2. The Hall–Kier alpha value is -1.25. The molecule has 1 amide bonds. The van der Waals surface area contributed by atoms with Crippen molar-refractivity contribution in [1.82, 2.24) is 10.2 Å². The molecule has 0 fully saturated rings. The summed E-state index contributed by atoms with van der Waals surface area (Å²) in [4.78, 5) is 10.4. The molecular weight excluding hydrogens is 226 g/mol. The number of alkyl halides is 4. The van der Waals surface area contributed by atoms with Crippen molar-refractivity contribution in [2.24, 2.45) is 0 Å². The summed E-state index contributed by atoms with van der Waals surface area (Å²) in [5, 5.41) is 6.71. The molecule has 0 aromatic carbocycles. The third kappa shape index (κ3) is 2.62. The first-order chi connectivity index (χ1) is 6.50. The highest BCUT2D eigenvalue weighted by Crippen LogP contribution is 2.25. The number of nitrogens with zero attached hydrogens (tertiary/aromatic N) is 2. The first-order valence-corrected chi connectivity index (χ1v) is 4.03. The van der Waals surface area contributed by atoms with Crippen LogP contribution in [0.15, 0.2) is 0 Å². The molecule has 1 aromatic heterocycles. The van der Waals surface area contributed by atoms with Crippen LogP contribution in [0.2, 0.25) is 0 Å². The smallest absolute Gasteiger partial charge is 0.296 e. The molecule has 14 heavy (non-hydrogen) atoms. The second-order valence-corrected chi connectivity index (χ2v) is 3.05. The van der Waals surface area contributed by atoms with E-state index < -0.39 is 23.8 Å². The zero-order valence-corrected chi connectivity index (χ0v) is 7.19. The van der Waals surface area contributed by atoms with Crippen LogP contribution in [0, 0.1) is 0 Å². The number of halogens is 4. The van der Waals surface area contributed by atoms with E-state index >= 15 is 0 Å². The van der Waals surface area contributed by atoms with Crippen LogP contribution < -0.4 is 5.32 Å². The van der Waals surface area contributed by atoms with E-state index in [1.165, 1.54) is 0 Å². The van der Waals surface area contributed by atoms with Crippen molar-refractivity contribution in [3.63, 3.8) is 0 Å². The quantitative estimate of drug-likeness (QED) is 0.802. The van der Waals surface area contributed by atoms with Crippen molar-refractivity contribution in [1.29, 1.82) is 0 Å². The minimum atomic E-state index is -3.21. The van der Waals surface area contributed by atoms with Gasteiger partial charge in [-0.2, -0.15) is 8.78 Å². The van der Waals surface area contributed by atoms with Crippen LogP contribution in [0.1, 0.15) is 11.4 Å². The van der Waals surface area contributed by atoms with Crippen LogP contribution in [-0.2, 0) is 4.79 Å². The summed E-state index contributed by atoms with van der Waals surface area (Å²) in [5.41, 5.74) is 0. The van der Waals surface area contributed by atoms with Crippen LogP contribution in [-0.4, -0.2) is 22.5 Å². The van der Waals surface area contributed by atoms with Crippen molar-refractivity contribution in [2.75, 3.05) is 5.32 Å². The molecule has 0 spiro atoms. The van der Waals surface area contributed by atoms with E-state index in [1.807, 2.05) is 0 Å². The predicted molar refractivity (Wildman–Crippen MR) is 39.5 cm³/mol. The van der Waals surface area contributed by atoms with Crippen molar-refractivity contribution >= 4 is 22.4 Å². The van der Waals surface area contributed by atoms with Gasteiger partial charge in [0.25, 0.3) is 12.3 Å². The van der Waals surface area contributed by atoms with Gasteiger partial charge in [-0.1, -0.05) is 11.3 Å². The summed E-state index contributed by atoms with van der Waals surface area (Å²) in [7, 11) is 0. The summed E-state index contributed by atoms with van der Waals surface area (Å²) < 4.78 is 47.2. The fourth-order valence-corrected chi connectivity index (χ4v) is 1.14. The molecule has 0 saturated heterocycles. The van der Waals surface area contributed by atoms with Crippen LogP contribution in [0.25, 0.3) is 0 Å². The fraction of sp³-hybridized carbons (Fsp3) is 0.400. The lowest BCUT2D eigenvalue weighted by Gasteiger charge is -1.96. The normalized spacial score (nSPS) is 11.0. The summed E-state index contributed by atoms with van der Waals surface area (Å²) in [6, 6.07) is 0. The van der Waals surface area contributed by atoms with E-state index in [9.17, 15) is 22.4 Å². The van der Waals surface area contributed by atoms with Gasteiger partial charge < -0.3 is 0 Å². The zero-order valence-electron chi connectivity index (χ0n) is 6.38. The summed E-state index contributed by atoms with van der Waals surface area (Å²) in [5.74, 6) is -1.60. The molecule has 0 aliphatic heterocycles. The molecule has 1 rings (SSSR count). The van der Waals surface area contributed by atoms with Gasteiger partial charge in [0.15, 0.2) is 5.01 Å². The molecule has 4 nitrogen and oxygen atoms in total. The van der Waals surface area contributed by atoms with Gasteiger partial charge in [0.05, 0.1) is 0 Å². The molecular formula is C5H3F4N3OS. The van der Waals surface area contributed by atoms with Gasteiger partial charge in [0.2, 0.25) is 5.13 Å². The van der Waals surface area contributed by atoms with Crippen molar-refractivity contribution in [2.45, 2.75) is 12.9 Å². The maximum absolute atomic E-state index is 11.9. The first-order valence-electron chi connectivity index (χ1n) is 3.21. The molecule has 1 N–H and O–H groups in total. The van der Waals surface area contributed by atoms with Gasteiger partial charge in [-0.3, -0.25) is 10.1 Å². The maximum atomic E-state index is 11.9. The molecule has 1 aromatic rings. The molecule has 1 heterocycles. The molecule has 78 valence electrons. The molecule has 0 radical (unpaired) electrons. The average Bonchev–Trinajstić information content (AvgIpc) is 2.52. The standard InChI is InChI=1S/C5H3F4N3OS/c6-1(7)3(13)10-5-12-11-4(14-5)2(8)9/h1-2H,(H,10,12,13). The average molecular weight is 229 g/mol. The monoisotopic (exact) mass is 229 g/mol. The topological polar surface area (TPSA) is 54.9 Å². The van der Waals surface area contributed by atoms with Gasteiger partial charge in [-0.25, -0.2) is 8.78 Å². The van der Waals surface area contributed by atoms with Crippen LogP contribution >= 0.6 is 11.3 Å². The summed E-state index contributed by atoms with van der Waals surface area (Å²) in [6.07, 6.45) is -6.04. The van der Waals surface area contributed by atoms with E-state index in [-0.39, 0.29) is 5.13 Å². The Balaban J connectivity index is 2.64. The molecule has 9 heteroatoms. The van der Waals surface area contributed by atoms with Crippen LogP contribution in [0.3, 0.4) is 0 Å². The molecule has 0 atom stereocenters. The van der Waals surface area contributed by atoms with E-state index in [4.69, 9.17) is 0 Å². The Morgan fingerprint density at radius 1 is 1.29 bits per heavy atom. The Morgan fingerprint density at radius 3 is 2.36 bits per heavy atom. The SMILES string of the molecule is O=C(Nc1nnc(C(F)F)s1)C(F)F. The number of anilines is 1. The largest absolute Gasteiger partial charge is 0.315 e. The second kappa shape index (κ2) is 4.31. The van der Waals surface area contributed by atoms with E-state index in [1.54, 1.807) is 5.32 Å². The van der Waals surface area contributed by atoms with Gasteiger partial charge in [0.1, 0.15) is 0 Å². The minimum Gasteiger partial charge on any atom is -0.296 e. The zero-order chi connectivity index (χ0) is 10.7. The van der Waals surface area contributed by atoms with Crippen molar-refractivity contribution in [3.8, 4) is 0 Å². The number of carbonyl (C=O) groups is 1. The number of hydrogen-bond donors (Lipinski definition) is 1. The lowest BCUT2D eigenvalue weighted by Crippen LogP contribution is -2.19. The van der Waals surface area contributed by atoms with Crippen molar-refractivity contribution < 1.29 is 22.4 Å². The molecule has 0 unspecified atom stereocenters. The second-order valence-electron chi connectivity index (χ2n) is 2.04. The Labute approximate surface area is 78.9 Å². The third-order valence-electron chi connectivity index (χ3n) is 1.06. The Kier molecular flexibility index (Phi) is 3.33.